The Kier molecular flexibility index (Phi) is 6.29. The van der Waals surface area contributed by atoms with Crippen molar-refractivity contribution in [2.45, 2.75) is 25.8 Å². The number of carbonyl (C=O) groups excluding carboxylic acids is 3. The number of nitrogens with zero attached hydrogens (tertiary/aromatic N) is 1. The van der Waals surface area contributed by atoms with Crippen molar-refractivity contribution in [3.05, 3.63) is 35.9 Å². The molecule has 0 radical (unpaired) electrons. The molecule has 5 nitrogen and oxygen atoms in total. The normalized spacial score (nSPS) is 9.89. The zero-order valence-electron chi connectivity index (χ0n) is 10.6. The lowest BCUT2D eigenvalue weighted by molar-refractivity contribution is -0.304. The first-order chi connectivity index (χ1) is 9.11. The number of hydrogen-bond acceptors (Lipinski definition) is 4. The van der Waals surface area contributed by atoms with Crippen LogP contribution in [0.4, 0.5) is 0 Å². The minimum absolute atomic E-state index is 0.146. The summed E-state index contributed by atoms with van der Waals surface area (Å²) in [6.07, 6.45) is 0.779. The molecule has 19 heavy (non-hydrogen) atoms. The zero-order valence-corrected chi connectivity index (χ0v) is 10.6. The van der Waals surface area contributed by atoms with Gasteiger partial charge in [-0.15, -0.1) is 0 Å². The van der Waals surface area contributed by atoms with Gasteiger partial charge in [0.1, 0.15) is 5.78 Å². The maximum Gasteiger partial charge on any atom is 0.210 e. The summed E-state index contributed by atoms with van der Waals surface area (Å²) in [7, 11) is 0. The van der Waals surface area contributed by atoms with Crippen molar-refractivity contribution in [1.29, 1.82) is 0 Å². The van der Waals surface area contributed by atoms with E-state index < -0.39 is 12.4 Å². The minimum Gasteiger partial charge on any atom is -0.550 e. The lowest BCUT2D eigenvalue weighted by atomic mass is 10.1. The molecule has 0 unspecified atom stereocenters. The molecule has 1 aromatic carbocycles. The quantitative estimate of drug-likeness (QED) is 0.468. The lowest BCUT2D eigenvalue weighted by Crippen LogP contribution is -2.26. The highest BCUT2D eigenvalue weighted by atomic mass is 16.4. The lowest BCUT2D eigenvalue weighted by Gasteiger charge is -2.17. The van der Waals surface area contributed by atoms with Crippen molar-refractivity contribution in [3.63, 3.8) is 0 Å². The molecule has 102 valence electrons. The van der Waals surface area contributed by atoms with Crippen LogP contribution in [0.25, 0.3) is 0 Å². The Labute approximate surface area is 111 Å². The highest BCUT2D eigenvalue weighted by Crippen LogP contribution is 2.04. The molecule has 0 atom stereocenters. The Balaban J connectivity index is 2.31. The molecule has 0 aliphatic rings. The number of hydrogen-bond donors (Lipinski definition) is 0. The predicted octanol–water partition coefficient (Wildman–Crippen LogP) is 0.134. The van der Waals surface area contributed by atoms with Gasteiger partial charge < -0.3 is 14.8 Å². The van der Waals surface area contributed by atoms with E-state index in [4.69, 9.17) is 0 Å². The van der Waals surface area contributed by atoms with Crippen LogP contribution in [-0.2, 0) is 20.9 Å². The molecule has 5 heteroatoms. The average Bonchev–Trinajstić information content (AvgIpc) is 2.38. The molecule has 0 aromatic heterocycles. The third kappa shape index (κ3) is 6.35. The summed E-state index contributed by atoms with van der Waals surface area (Å²) in [6, 6.07) is 9.51. The van der Waals surface area contributed by atoms with Gasteiger partial charge in [-0.3, -0.25) is 9.59 Å². The molecule has 1 rings (SSSR count). The Morgan fingerprint density at radius 1 is 1.21 bits per heavy atom. The van der Waals surface area contributed by atoms with Gasteiger partial charge >= 0.3 is 0 Å². The molecule has 0 heterocycles. The van der Waals surface area contributed by atoms with Gasteiger partial charge in [0.2, 0.25) is 6.41 Å². The number of rotatable bonds is 9. The van der Waals surface area contributed by atoms with Crippen molar-refractivity contribution < 1.29 is 19.5 Å². The van der Waals surface area contributed by atoms with Crippen LogP contribution in [0.2, 0.25) is 0 Å². The molecule has 1 amide bonds. The second kappa shape index (κ2) is 8.02. The molecular weight excluding hydrogens is 246 g/mol. The van der Waals surface area contributed by atoms with E-state index in [0.717, 1.165) is 12.0 Å². The number of carboxylic acids is 1. The van der Waals surface area contributed by atoms with Crippen molar-refractivity contribution in [3.8, 4) is 0 Å². The molecule has 0 N–H and O–H groups in total. The summed E-state index contributed by atoms with van der Waals surface area (Å²) >= 11 is 0. The Morgan fingerprint density at radius 2 is 1.89 bits per heavy atom. The van der Waals surface area contributed by atoms with Crippen LogP contribution < -0.4 is 5.11 Å². The predicted molar refractivity (Wildman–Crippen MR) is 66.8 cm³/mol. The van der Waals surface area contributed by atoms with E-state index in [2.05, 4.69) is 0 Å². The van der Waals surface area contributed by atoms with Gasteiger partial charge in [0.25, 0.3) is 0 Å². The van der Waals surface area contributed by atoms with Crippen molar-refractivity contribution >= 4 is 18.2 Å². The topological polar surface area (TPSA) is 77.5 Å². The number of amides is 1. The smallest absolute Gasteiger partial charge is 0.210 e. The summed E-state index contributed by atoms with van der Waals surface area (Å²) in [5, 5.41) is 10.2. The fourth-order valence-corrected chi connectivity index (χ4v) is 1.72. The van der Waals surface area contributed by atoms with E-state index in [-0.39, 0.29) is 12.2 Å². The van der Waals surface area contributed by atoms with Crippen molar-refractivity contribution in [1.82, 2.24) is 4.90 Å². The molecule has 0 bridgehead atoms. The SMILES string of the molecule is O=CN(CCCC(=O)CC(=O)[O-])Cc1ccccc1. The Hall–Kier alpha value is -2.17. The van der Waals surface area contributed by atoms with Crippen LogP contribution in [0, 0.1) is 0 Å². The third-order valence-corrected chi connectivity index (χ3v) is 2.62. The summed E-state index contributed by atoms with van der Waals surface area (Å²) in [4.78, 5) is 33.8. The number of Topliss-reactive ketones (excluding diaryl/α,β-unsaturated/α-hetero) is 1. The monoisotopic (exact) mass is 262 g/mol. The summed E-state index contributed by atoms with van der Waals surface area (Å²) in [5.41, 5.74) is 1.01. The van der Waals surface area contributed by atoms with E-state index in [1.54, 1.807) is 4.90 Å². The van der Waals surface area contributed by atoms with E-state index in [1.807, 2.05) is 30.3 Å². The van der Waals surface area contributed by atoms with Gasteiger partial charge in [-0.05, 0) is 12.0 Å². The van der Waals surface area contributed by atoms with Gasteiger partial charge in [-0.25, -0.2) is 0 Å². The molecule has 0 saturated carbocycles. The maximum absolute atomic E-state index is 11.2. The molecule has 0 fully saturated rings. The van der Waals surface area contributed by atoms with Crippen LogP contribution in [-0.4, -0.2) is 29.6 Å². The standard InChI is InChI=1S/C14H17NO4/c16-11-15(10-12-5-2-1-3-6-12)8-4-7-13(17)9-14(18)19/h1-3,5-6,11H,4,7-10H2,(H,18,19)/p-1. The first-order valence-electron chi connectivity index (χ1n) is 6.06. The van der Waals surface area contributed by atoms with Crippen LogP contribution in [0.15, 0.2) is 30.3 Å². The minimum atomic E-state index is -1.36. The van der Waals surface area contributed by atoms with Gasteiger partial charge in [-0.2, -0.15) is 0 Å². The average molecular weight is 262 g/mol. The zero-order chi connectivity index (χ0) is 14.1. The first kappa shape index (κ1) is 14.9. The molecule has 0 aliphatic heterocycles. The van der Waals surface area contributed by atoms with Gasteiger partial charge in [0.15, 0.2) is 0 Å². The van der Waals surface area contributed by atoms with Crippen LogP contribution in [0.1, 0.15) is 24.8 Å². The highest BCUT2D eigenvalue weighted by Gasteiger charge is 2.06. The highest BCUT2D eigenvalue weighted by molar-refractivity contribution is 5.93. The number of ketones is 1. The Bertz CT molecular complexity index is 430. The van der Waals surface area contributed by atoms with Crippen LogP contribution in [0.3, 0.4) is 0 Å². The number of carbonyl (C=O) groups is 3. The first-order valence-corrected chi connectivity index (χ1v) is 6.06. The summed E-state index contributed by atoms with van der Waals surface area (Å²) in [6.45, 7) is 0.913. The second-order valence-electron chi connectivity index (χ2n) is 4.25. The van der Waals surface area contributed by atoms with Gasteiger partial charge in [0.05, 0.1) is 0 Å². The summed E-state index contributed by atoms with van der Waals surface area (Å²) in [5.74, 6) is -1.73. The molecule has 0 aliphatic carbocycles. The molecule has 0 spiro atoms. The van der Waals surface area contributed by atoms with E-state index in [0.29, 0.717) is 19.5 Å². The van der Waals surface area contributed by atoms with Crippen LogP contribution >= 0.6 is 0 Å². The number of benzene rings is 1. The van der Waals surface area contributed by atoms with Crippen molar-refractivity contribution in [2.24, 2.45) is 0 Å². The van der Waals surface area contributed by atoms with E-state index in [9.17, 15) is 19.5 Å². The molecule has 0 saturated heterocycles. The Morgan fingerprint density at radius 3 is 2.47 bits per heavy atom. The van der Waals surface area contributed by atoms with E-state index >= 15 is 0 Å². The van der Waals surface area contributed by atoms with Gasteiger partial charge in [0, 0.05) is 31.9 Å². The second-order valence-corrected chi connectivity index (χ2v) is 4.25. The molecule has 1 aromatic rings. The third-order valence-electron chi connectivity index (χ3n) is 2.62. The number of aliphatic carboxylic acids is 1. The number of carboxylic acid groups (broad SMARTS) is 1. The largest absolute Gasteiger partial charge is 0.550 e. The summed E-state index contributed by atoms with van der Waals surface area (Å²) < 4.78 is 0. The fourth-order valence-electron chi connectivity index (χ4n) is 1.72. The molecular formula is C14H16NO4-. The van der Waals surface area contributed by atoms with Gasteiger partial charge in [-0.1, -0.05) is 30.3 Å². The van der Waals surface area contributed by atoms with Crippen molar-refractivity contribution in [2.75, 3.05) is 6.54 Å². The van der Waals surface area contributed by atoms with E-state index in [1.165, 1.54) is 0 Å². The maximum atomic E-state index is 11.2. The fraction of sp³-hybridized carbons (Fsp3) is 0.357. The van der Waals surface area contributed by atoms with Crippen LogP contribution in [0.5, 0.6) is 0 Å².